The van der Waals surface area contributed by atoms with E-state index in [-0.39, 0.29) is 70.2 Å². The second kappa shape index (κ2) is 10.3. The second-order valence-electron chi connectivity index (χ2n) is 2.13. The van der Waals surface area contributed by atoms with Crippen molar-refractivity contribution in [1.82, 2.24) is 0 Å². The van der Waals surface area contributed by atoms with E-state index in [1.165, 1.54) is 0 Å². The van der Waals surface area contributed by atoms with E-state index in [4.69, 9.17) is 4.74 Å². The van der Waals surface area contributed by atoms with Gasteiger partial charge in [0.1, 0.15) is 0 Å². The number of rotatable bonds is 1. The van der Waals surface area contributed by atoms with Crippen molar-refractivity contribution >= 4 is 5.91 Å². The average molecular weight is 243 g/mol. The summed E-state index contributed by atoms with van der Waals surface area (Å²) in [6, 6.07) is 0. The van der Waals surface area contributed by atoms with Gasteiger partial charge in [-0.15, -0.1) is 6.54 Å². The molecule has 0 aromatic carbocycles. The summed E-state index contributed by atoms with van der Waals surface area (Å²) in [5.74, 6) is -0.0203. The molecule has 1 saturated heterocycles. The van der Waals surface area contributed by atoms with Crippen LogP contribution in [0.15, 0.2) is 0 Å². The van der Waals surface area contributed by atoms with Gasteiger partial charge >= 0.3 is 58.2 Å². The Morgan fingerprint density at radius 1 is 1.58 bits per heavy atom. The molecule has 0 aromatic rings. The number of carbonyl (C=O) groups is 1. The number of hydrogen-bond donors (Lipinski definition) is 0. The molecule has 66 valence electrons. The Hall–Kier alpha value is 1.24. The molecule has 4 heteroatoms. The Kier molecular flexibility index (Phi) is 13.5. The summed E-state index contributed by atoms with van der Waals surface area (Å²) < 4.78 is 4.98. The van der Waals surface area contributed by atoms with E-state index in [1.807, 2.05) is 0 Å². The number of carbonyl (C=O) groups excluding carboxylic acids is 1. The Bertz CT molecular complexity index is 120. The summed E-state index contributed by atoms with van der Waals surface area (Å²) in [7, 11) is 1.63. The maximum atomic E-state index is 10.6. The van der Waals surface area contributed by atoms with Gasteiger partial charge in [0, 0.05) is 13.5 Å². The minimum atomic E-state index is -0.0203. The molecule has 1 aliphatic rings. The first-order valence-electron chi connectivity index (χ1n) is 3.77. The van der Waals surface area contributed by atoms with Crippen LogP contribution in [0, 0.1) is 6.92 Å². The van der Waals surface area contributed by atoms with E-state index in [0.717, 1.165) is 6.42 Å². The topological polar surface area (TPSA) is 40.4 Å². The third-order valence-electron chi connectivity index (χ3n) is 1.47. The van der Waals surface area contributed by atoms with E-state index in [9.17, 15) is 4.79 Å². The van der Waals surface area contributed by atoms with Crippen LogP contribution in [0.25, 0.3) is 5.32 Å². The van der Waals surface area contributed by atoms with Crippen LogP contribution in [0.1, 0.15) is 19.8 Å². The number of piperidine rings is 1. The zero-order chi connectivity index (χ0) is 8.69. The molecular weight excluding hydrogens is 228 g/mol. The molecule has 3 nitrogen and oxygen atoms in total. The molecule has 0 saturated carbocycles. The molecule has 1 heterocycles. The molecule has 1 rings (SSSR count). The first-order valence-corrected chi connectivity index (χ1v) is 3.77. The van der Waals surface area contributed by atoms with Gasteiger partial charge in [-0.2, -0.15) is 6.92 Å². The minimum Gasteiger partial charge on any atom is -0.653 e. The number of hydrogen-bond acceptors (Lipinski definition) is 2. The van der Waals surface area contributed by atoms with Gasteiger partial charge in [-0.25, -0.2) is 0 Å². The van der Waals surface area contributed by atoms with Gasteiger partial charge in [0.2, 0.25) is 0 Å². The predicted octanol–water partition coefficient (Wildman–Crippen LogP) is -1.46. The van der Waals surface area contributed by atoms with Crippen molar-refractivity contribution < 1.29 is 67.7 Å². The fraction of sp³-hybridized carbons (Fsp3) is 0.750. The molecule has 1 amide bonds. The van der Waals surface area contributed by atoms with Crippen LogP contribution in [0.5, 0.6) is 0 Å². The Morgan fingerprint density at radius 3 is 2.50 bits per heavy atom. The SMILES string of the molecule is COC1CC[N-]C(=O)C1.[CH2-]C.[Rb+]. The van der Waals surface area contributed by atoms with Gasteiger partial charge in [0.05, 0.1) is 12.0 Å². The maximum Gasteiger partial charge on any atom is 1.00 e. The second-order valence-corrected chi connectivity index (χ2v) is 2.13. The fourth-order valence-electron chi connectivity index (χ4n) is 0.896. The van der Waals surface area contributed by atoms with Gasteiger partial charge in [0.25, 0.3) is 0 Å². The Labute approximate surface area is 123 Å². The van der Waals surface area contributed by atoms with Crippen LogP contribution in [-0.4, -0.2) is 25.7 Å². The van der Waals surface area contributed by atoms with Crippen LogP contribution < -0.4 is 58.2 Å². The normalized spacial score (nSPS) is 21.2. The van der Waals surface area contributed by atoms with Crippen LogP contribution in [-0.2, 0) is 9.53 Å². The average Bonchev–Trinajstić information content (AvgIpc) is 2.08. The Balaban J connectivity index is 0. The molecule has 12 heavy (non-hydrogen) atoms. The van der Waals surface area contributed by atoms with E-state index < -0.39 is 0 Å². The van der Waals surface area contributed by atoms with Gasteiger partial charge in [-0.1, -0.05) is 0 Å². The predicted molar refractivity (Wildman–Crippen MR) is 44.3 cm³/mol. The third-order valence-corrected chi connectivity index (χ3v) is 1.47. The van der Waals surface area contributed by atoms with Crippen molar-refractivity contribution in [3.63, 3.8) is 0 Å². The van der Waals surface area contributed by atoms with Crippen molar-refractivity contribution in [2.45, 2.75) is 25.9 Å². The standard InChI is InChI=1S/C6H11NO2.C2H5.Rb/c1-9-5-2-3-7-6(8)4-5;1-2;/h5H,2-4H2,1H3,(H,7,8);1H2,2H3;/q;-1;+1/p-1. The van der Waals surface area contributed by atoms with E-state index >= 15 is 0 Å². The zero-order valence-corrected chi connectivity index (χ0v) is 13.1. The van der Waals surface area contributed by atoms with Crippen LogP contribution in [0.3, 0.4) is 0 Å². The molecule has 1 fully saturated rings. The largest absolute Gasteiger partial charge is 1.00 e. The first kappa shape index (κ1) is 15.7. The van der Waals surface area contributed by atoms with Crippen molar-refractivity contribution in [2.24, 2.45) is 0 Å². The smallest absolute Gasteiger partial charge is 0.653 e. The first-order chi connectivity index (χ1) is 5.33. The molecule has 0 aliphatic carbocycles. The summed E-state index contributed by atoms with van der Waals surface area (Å²) in [4.78, 5) is 10.6. The number of amides is 1. The van der Waals surface area contributed by atoms with Crippen molar-refractivity contribution in [1.29, 1.82) is 0 Å². The number of ether oxygens (including phenoxy) is 1. The molecule has 0 bridgehead atoms. The quantitative estimate of drug-likeness (QED) is 0.528. The van der Waals surface area contributed by atoms with Gasteiger partial charge in [-0.3, -0.25) is 0 Å². The van der Waals surface area contributed by atoms with Crippen molar-refractivity contribution in [3.05, 3.63) is 12.2 Å². The number of nitrogens with zero attached hydrogens (tertiary/aromatic N) is 1. The molecule has 0 spiro atoms. The van der Waals surface area contributed by atoms with E-state index in [0.29, 0.717) is 13.0 Å². The summed E-state index contributed by atoms with van der Waals surface area (Å²) in [6.07, 6.45) is 1.48. The summed E-state index contributed by atoms with van der Waals surface area (Å²) >= 11 is 0. The maximum absolute atomic E-state index is 10.6. The van der Waals surface area contributed by atoms with Gasteiger partial charge in [0.15, 0.2) is 0 Å². The molecule has 1 unspecified atom stereocenters. The Morgan fingerprint density at radius 2 is 2.17 bits per heavy atom. The van der Waals surface area contributed by atoms with Crippen LogP contribution in [0.2, 0.25) is 0 Å². The molecule has 0 aromatic heterocycles. The van der Waals surface area contributed by atoms with Gasteiger partial charge in [-0.05, 0) is 6.42 Å². The molecule has 1 atom stereocenters. The number of methoxy groups -OCH3 is 1. The van der Waals surface area contributed by atoms with Crippen LogP contribution in [0.4, 0.5) is 0 Å². The van der Waals surface area contributed by atoms with Crippen LogP contribution >= 0.6 is 0 Å². The zero-order valence-electron chi connectivity index (χ0n) is 8.17. The molecule has 1 aliphatic heterocycles. The molecule has 0 N–H and O–H groups in total. The van der Waals surface area contributed by atoms with Gasteiger partial charge < -0.3 is 21.8 Å². The minimum absolute atomic E-state index is 0. The monoisotopic (exact) mass is 242 g/mol. The van der Waals surface area contributed by atoms with Crippen molar-refractivity contribution in [2.75, 3.05) is 13.7 Å². The van der Waals surface area contributed by atoms with E-state index in [1.54, 1.807) is 14.0 Å². The summed E-state index contributed by atoms with van der Waals surface area (Å²) in [6.45, 7) is 5.64. The summed E-state index contributed by atoms with van der Waals surface area (Å²) in [5.41, 5.74) is 0. The van der Waals surface area contributed by atoms with Crippen molar-refractivity contribution in [3.8, 4) is 0 Å². The fourth-order valence-corrected chi connectivity index (χ4v) is 0.896. The molecular formula is C8H15NO2Rb-. The van der Waals surface area contributed by atoms with E-state index in [2.05, 4.69) is 12.2 Å². The third kappa shape index (κ3) is 6.72. The summed E-state index contributed by atoms with van der Waals surface area (Å²) in [5, 5.41) is 3.71. The molecule has 0 radical (unpaired) electrons.